The van der Waals surface area contributed by atoms with Crippen LogP contribution in [0.1, 0.15) is 42.6 Å². The Morgan fingerprint density at radius 1 is 1.09 bits per heavy atom. The van der Waals surface area contributed by atoms with Crippen molar-refractivity contribution in [2.75, 3.05) is 23.5 Å². The molecule has 0 unspecified atom stereocenters. The molecule has 0 aliphatic rings. The first-order chi connectivity index (χ1) is 10.3. The molecule has 8 nitrogen and oxygen atoms in total. The number of carbonyl (C=O) groups excluding carboxylic acids is 1. The first kappa shape index (κ1) is 18.2. The van der Waals surface area contributed by atoms with Crippen molar-refractivity contribution in [3.8, 4) is 0 Å². The fraction of sp³-hybridized carbons (Fsp3) is 0.500. The van der Waals surface area contributed by atoms with E-state index in [2.05, 4.69) is 0 Å². The van der Waals surface area contributed by atoms with E-state index < -0.39 is 5.23 Å². The molecular weight excluding hydrogens is 290 g/mol. The summed E-state index contributed by atoms with van der Waals surface area (Å²) in [6.45, 7) is 6.32. The lowest BCUT2D eigenvalue weighted by Gasteiger charge is -2.39. The van der Waals surface area contributed by atoms with Crippen LogP contribution in [0.4, 0.5) is 11.4 Å². The molecule has 0 atom stereocenters. The third kappa shape index (κ3) is 4.08. The van der Waals surface area contributed by atoms with E-state index in [0.717, 1.165) is 12.8 Å². The summed E-state index contributed by atoms with van der Waals surface area (Å²) >= 11 is 0. The molecule has 0 radical (unpaired) electrons. The zero-order valence-electron chi connectivity index (χ0n) is 12.9. The van der Waals surface area contributed by atoms with Gasteiger partial charge in [-0.05, 0) is 37.5 Å². The van der Waals surface area contributed by atoms with E-state index in [9.17, 15) is 25.6 Å². The van der Waals surface area contributed by atoms with Gasteiger partial charge in [0.1, 0.15) is 0 Å². The van der Waals surface area contributed by atoms with Crippen LogP contribution in [0, 0.1) is 17.3 Å². The molecule has 2 N–H and O–H groups in total. The van der Waals surface area contributed by atoms with Gasteiger partial charge in [0.05, 0.1) is 5.69 Å². The third-order valence-corrected chi connectivity index (χ3v) is 3.29. The van der Waals surface area contributed by atoms with Crippen LogP contribution >= 0.6 is 0 Å². The standard InChI is InChI=1S/C14H21N3O5/c1-4-6-15(7-5-2)14(18)11-8-12(16(19)20)10(3)13(9-11)17(21)22/h8-9,19-20H,4-7H2,1-3H3/q-2. The molecular formula is C14H21N3O5-2. The van der Waals surface area contributed by atoms with Crippen molar-refractivity contribution in [3.63, 3.8) is 0 Å². The van der Waals surface area contributed by atoms with Gasteiger partial charge in [0, 0.05) is 24.3 Å². The van der Waals surface area contributed by atoms with Crippen LogP contribution < -0.4 is 10.5 Å². The van der Waals surface area contributed by atoms with E-state index in [0.29, 0.717) is 13.1 Å². The largest absolute Gasteiger partial charge is 0.769 e. The van der Waals surface area contributed by atoms with Gasteiger partial charge in [-0.2, -0.15) is 0 Å². The van der Waals surface area contributed by atoms with Crippen molar-refractivity contribution in [1.29, 1.82) is 0 Å². The first-order valence-electron chi connectivity index (χ1n) is 7.09. The minimum absolute atomic E-state index is 0.0577. The van der Waals surface area contributed by atoms with Crippen LogP contribution in [0.3, 0.4) is 0 Å². The number of hydrogen-bond donors (Lipinski definition) is 2. The SMILES string of the molecule is CCCN(CCC)C(=O)c1cc(N([O-])[O-])c(C)c(N(O)O)c1. The second-order valence-electron chi connectivity index (χ2n) is 4.98. The molecule has 0 spiro atoms. The highest BCUT2D eigenvalue weighted by atomic mass is 16.8. The predicted molar refractivity (Wildman–Crippen MR) is 82.9 cm³/mol. The number of carbonyl (C=O) groups is 1. The maximum absolute atomic E-state index is 12.5. The minimum atomic E-state index is -0.650. The van der Waals surface area contributed by atoms with E-state index in [4.69, 9.17) is 0 Å². The molecule has 0 aliphatic heterocycles. The topological polar surface area (TPSA) is 113 Å². The Balaban J connectivity index is 3.30. The van der Waals surface area contributed by atoms with E-state index in [1.54, 1.807) is 4.90 Å². The zero-order valence-corrected chi connectivity index (χ0v) is 12.9. The summed E-state index contributed by atoms with van der Waals surface area (Å²) in [4.78, 5) is 14.1. The Labute approximate surface area is 129 Å². The summed E-state index contributed by atoms with van der Waals surface area (Å²) in [6, 6.07) is 2.41. The lowest BCUT2D eigenvalue weighted by molar-refractivity contribution is 0.0288. The molecule has 8 heteroatoms. The van der Waals surface area contributed by atoms with Crippen LogP contribution in [0.2, 0.25) is 0 Å². The fourth-order valence-electron chi connectivity index (χ4n) is 2.24. The molecule has 0 saturated heterocycles. The number of amides is 1. The Hall–Kier alpha value is -1.87. The van der Waals surface area contributed by atoms with Crippen molar-refractivity contribution in [2.24, 2.45) is 0 Å². The maximum atomic E-state index is 12.5. The number of nitrogens with zero attached hydrogens (tertiary/aromatic N) is 3. The molecule has 0 heterocycles. The second kappa shape index (κ2) is 7.95. The van der Waals surface area contributed by atoms with Crippen molar-refractivity contribution in [1.82, 2.24) is 4.90 Å². The summed E-state index contributed by atoms with van der Waals surface area (Å²) in [5.41, 5.74) is -0.390. The van der Waals surface area contributed by atoms with Gasteiger partial charge in [-0.1, -0.05) is 13.8 Å². The highest BCUT2D eigenvalue weighted by Gasteiger charge is 2.18. The monoisotopic (exact) mass is 311 g/mol. The van der Waals surface area contributed by atoms with Crippen LogP contribution in [0.15, 0.2) is 12.1 Å². The average molecular weight is 311 g/mol. The number of hydrogen-bond acceptors (Lipinski definition) is 7. The van der Waals surface area contributed by atoms with Crippen LogP contribution in [0.5, 0.6) is 0 Å². The number of benzene rings is 1. The smallest absolute Gasteiger partial charge is 0.254 e. The minimum Gasteiger partial charge on any atom is -0.769 e. The van der Waals surface area contributed by atoms with E-state index in [-0.39, 0.29) is 33.6 Å². The Morgan fingerprint density at radius 2 is 1.59 bits per heavy atom. The Kier molecular flexibility index (Phi) is 6.57. The molecule has 0 bridgehead atoms. The molecule has 0 aromatic heterocycles. The molecule has 124 valence electrons. The summed E-state index contributed by atoms with van der Waals surface area (Å²) in [5.74, 6) is -0.366. The van der Waals surface area contributed by atoms with Crippen LogP contribution in [0.25, 0.3) is 0 Å². The molecule has 0 saturated carbocycles. The number of rotatable bonds is 7. The van der Waals surface area contributed by atoms with Gasteiger partial charge in [-0.3, -0.25) is 15.2 Å². The fourth-order valence-corrected chi connectivity index (χ4v) is 2.24. The van der Waals surface area contributed by atoms with Crippen molar-refractivity contribution in [3.05, 3.63) is 33.7 Å². The van der Waals surface area contributed by atoms with Crippen LogP contribution in [-0.4, -0.2) is 34.3 Å². The molecule has 1 amide bonds. The molecule has 1 aromatic rings. The molecule has 22 heavy (non-hydrogen) atoms. The summed E-state index contributed by atoms with van der Waals surface area (Å²) in [6.07, 6.45) is 1.53. The lowest BCUT2D eigenvalue weighted by Crippen LogP contribution is -2.32. The van der Waals surface area contributed by atoms with Crippen molar-refractivity contribution in [2.45, 2.75) is 33.6 Å². The van der Waals surface area contributed by atoms with E-state index in [1.807, 2.05) is 13.8 Å². The maximum Gasteiger partial charge on any atom is 0.254 e. The molecule has 0 aliphatic carbocycles. The second-order valence-corrected chi connectivity index (χ2v) is 4.98. The highest BCUT2D eigenvalue weighted by Crippen LogP contribution is 2.30. The van der Waals surface area contributed by atoms with Crippen molar-refractivity contribution < 1.29 is 15.2 Å². The summed E-state index contributed by atoms with van der Waals surface area (Å²) in [7, 11) is 0. The average Bonchev–Trinajstić information content (AvgIpc) is 2.45. The van der Waals surface area contributed by atoms with Crippen molar-refractivity contribution >= 4 is 17.3 Å². The van der Waals surface area contributed by atoms with Gasteiger partial charge < -0.3 is 20.5 Å². The van der Waals surface area contributed by atoms with Gasteiger partial charge in [0.25, 0.3) is 5.91 Å². The Morgan fingerprint density at radius 3 is 2.00 bits per heavy atom. The summed E-state index contributed by atoms with van der Waals surface area (Å²) in [5, 5.41) is 39.7. The molecule has 0 fully saturated rings. The van der Waals surface area contributed by atoms with Gasteiger partial charge in [0.2, 0.25) is 0 Å². The van der Waals surface area contributed by atoms with E-state index in [1.165, 1.54) is 19.1 Å². The van der Waals surface area contributed by atoms with Gasteiger partial charge in [-0.25, -0.2) is 0 Å². The van der Waals surface area contributed by atoms with Crippen LogP contribution in [-0.2, 0) is 0 Å². The molecule has 1 aromatic carbocycles. The normalized spacial score (nSPS) is 10.5. The summed E-state index contributed by atoms with van der Waals surface area (Å²) < 4.78 is 0. The van der Waals surface area contributed by atoms with Gasteiger partial charge in [0.15, 0.2) is 0 Å². The number of anilines is 2. The van der Waals surface area contributed by atoms with Gasteiger partial charge >= 0.3 is 0 Å². The zero-order chi connectivity index (χ0) is 16.9. The highest BCUT2D eigenvalue weighted by molar-refractivity contribution is 5.97. The predicted octanol–water partition coefficient (Wildman–Crippen LogP) is 2.64. The quantitative estimate of drug-likeness (QED) is 0.744. The third-order valence-electron chi connectivity index (χ3n) is 3.29. The van der Waals surface area contributed by atoms with E-state index >= 15 is 0 Å². The first-order valence-corrected chi connectivity index (χ1v) is 7.09. The lowest BCUT2D eigenvalue weighted by atomic mass is 10.1. The molecule has 1 rings (SSSR count). The Bertz CT molecular complexity index is 484. The van der Waals surface area contributed by atoms with Gasteiger partial charge in [-0.15, -0.1) is 5.23 Å².